The highest BCUT2D eigenvalue weighted by molar-refractivity contribution is 5.85. The molecule has 1 aliphatic rings. The van der Waals surface area contributed by atoms with Crippen LogP contribution in [0, 0.1) is 13.8 Å². The van der Waals surface area contributed by atoms with Crippen LogP contribution < -0.4 is 4.74 Å². The number of nitrogens with zero attached hydrogens (tertiary/aromatic N) is 1. The molecule has 19 heavy (non-hydrogen) atoms. The zero-order valence-electron chi connectivity index (χ0n) is 11.9. The minimum absolute atomic E-state index is 0. The molecule has 0 amide bonds. The molecule has 0 radical (unpaired) electrons. The van der Waals surface area contributed by atoms with Crippen molar-refractivity contribution in [1.29, 1.82) is 0 Å². The van der Waals surface area contributed by atoms with Gasteiger partial charge >= 0.3 is 0 Å². The molecule has 1 aromatic rings. The van der Waals surface area contributed by atoms with Gasteiger partial charge in [0.1, 0.15) is 5.75 Å². The number of hydrogen-bond donors (Lipinski definition) is 0. The highest BCUT2D eigenvalue weighted by Crippen LogP contribution is 2.22. The van der Waals surface area contributed by atoms with E-state index in [2.05, 4.69) is 36.9 Å². The Labute approximate surface area is 122 Å². The Bertz CT molecular complexity index is 358. The SMILES string of the molecule is Cc1cccc(C)c1OCCCN1CCOCC1.Cl. The standard InChI is InChI=1S/C15H23NO2.ClH/c1-13-5-3-6-14(2)15(13)18-10-4-7-16-8-11-17-12-9-16;/h3,5-6H,4,7-12H2,1-2H3;1H. The fourth-order valence-corrected chi connectivity index (χ4v) is 2.31. The second-order valence-corrected chi connectivity index (χ2v) is 4.88. The third kappa shape index (κ3) is 5.01. The van der Waals surface area contributed by atoms with E-state index in [-0.39, 0.29) is 12.4 Å². The van der Waals surface area contributed by atoms with E-state index in [1.165, 1.54) is 11.1 Å². The van der Waals surface area contributed by atoms with Gasteiger partial charge in [-0.15, -0.1) is 12.4 Å². The number of halogens is 1. The Morgan fingerprint density at radius 2 is 1.79 bits per heavy atom. The molecule has 0 aromatic heterocycles. The maximum absolute atomic E-state index is 5.90. The van der Waals surface area contributed by atoms with Gasteiger partial charge in [-0.2, -0.15) is 0 Å². The van der Waals surface area contributed by atoms with Crippen LogP contribution in [-0.2, 0) is 4.74 Å². The van der Waals surface area contributed by atoms with Crippen LogP contribution in [0.15, 0.2) is 18.2 Å². The van der Waals surface area contributed by atoms with Crippen LogP contribution in [-0.4, -0.2) is 44.4 Å². The predicted molar refractivity (Wildman–Crippen MR) is 80.5 cm³/mol. The Morgan fingerprint density at radius 1 is 1.16 bits per heavy atom. The average Bonchev–Trinajstić information content (AvgIpc) is 2.38. The summed E-state index contributed by atoms with van der Waals surface area (Å²) in [6, 6.07) is 6.28. The van der Waals surface area contributed by atoms with E-state index in [0.29, 0.717) is 0 Å². The Kier molecular flexibility index (Phi) is 7.21. The zero-order chi connectivity index (χ0) is 12.8. The van der Waals surface area contributed by atoms with E-state index in [0.717, 1.165) is 51.6 Å². The molecule has 0 aliphatic carbocycles. The molecular formula is C15H24ClNO2. The van der Waals surface area contributed by atoms with Gasteiger partial charge in [-0.1, -0.05) is 18.2 Å². The van der Waals surface area contributed by atoms with Crippen LogP contribution in [0.3, 0.4) is 0 Å². The van der Waals surface area contributed by atoms with Crippen molar-refractivity contribution >= 4 is 12.4 Å². The van der Waals surface area contributed by atoms with E-state index in [1.54, 1.807) is 0 Å². The largest absolute Gasteiger partial charge is 0.493 e. The molecule has 4 heteroatoms. The topological polar surface area (TPSA) is 21.7 Å². The predicted octanol–water partition coefficient (Wildman–Crippen LogP) is 2.83. The molecule has 1 fully saturated rings. The van der Waals surface area contributed by atoms with Crippen molar-refractivity contribution in [1.82, 2.24) is 4.90 Å². The van der Waals surface area contributed by atoms with E-state index in [9.17, 15) is 0 Å². The highest BCUT2D eigenvalue weighted by Gasteiger charge is 2.09. The molecule has 0 atom stereocenters. The van der Waals surface area contributed by atoms with Gasteiger partial charge in [-0.25, -0.2) is 0 Å². The van der Waals surface area contributed by atoms with Crippen molar-refractivity contribution < 1.29 is 9.47 Å². The second kappa shape index (κ2) is 8.41. The van der Waals surface area contributed by atoms with Crippen LogP contribution in [0.25, 0.3) is 0 Å². The first-order valence-corrected chi connectivity index (χ1v) is 6.76. The maximum atomic E-state index is 5.90. The second-order valence-electron chi connectivity index (χ2n) is 4.88. The lowest BCUT2D eigenvalue weighted by molar-refractivity contribution is 0.0357. The fourth-order valence-electron chi connectivity index (χ4n) is 2.31. The lowest BCUT2D eigenvalue weighted by Gasteiger charge is -2.26. The summed E-state index contributed by atoms with van der Waals surface area (Å²) in [5, 5.41) is 0. The average molecular weight is 286 g/mol. The summed E-state index contributed by atoms with van der Waals surface area (Å²) in [5.74, 6) is 1.06. The van der Waals surface area contributed by atoms with Crippen molar-refractivity contribution in [2.24, 2.45) is 0 Å². The third-order valence-electron chi connectivity index (χ3n) is 3.38. The highest BCUT2D eigenvalue weighted by atomic mass is 35.5. The minimum atomic E-state index is 0. The molecule has 1 aromatic carbocycles. The summed E-state index contributed by atoms with van der Waals surface area (Å²) in [6.45, 7) is 9.97. The van der Waals surface area contributed by atoms with Crippen molar-refractivity contribution in [2.45, 2.75) is 20.3 Å². The van der Waals surface area contributed by atoms with Gasteiger partial charge in [0.15, 0.2) is 0 Å². The van der Waals surface area contributed by atoms with Crippen molar-refractivity contribution in [2.75, 3.05) is 39.5 Å². The number of rotatable bonds is 5. The van der Waals surface area contributed by atoms with Gasteiger partial charge in [0.2, 0.25) is 0 Å². The van der Waals surface area contributed by atoms with E-state index < -0.39 is 0 Å². The number of benzene rings is 1. The van der Waals surface area contributed by atoms with Gasteiger partial charge in [0, 0.05) is 19.6 Å². The van der Waals surface area contributed by atoms with Crippen LogP contribution in [0.5, 0.6) is 5.75 Å². The van der Waals surface area contributed by atoms with E-state index in [1.807, 2.05) is 0 Å². The number of ether oxygens (including phenoxy) is 2. The quantitative estimate of drug-likeness (QED) is 0.777. The molecule has 1 aliphatic heterocycles. The van der Waals surface area contributed by atoms with Gasteiger partial charge in [-0.05, 0) is 31.4 Å². The molecule has 3 nitrogen and oxygen atoms in total. The Hall–Kier alpha value is -0.770. The Morgan fingerprint density at radius 3 is 2.42 bits per heavy atom. The molecule has 0 saturated carbocycles. The summed E-state index contributed by atoms with van der Waals surface area (Å²) in [6.07, 6.45) is 1.08. The zero-order valence-corrected chi connectivity index (χ0v) is 12.7. The minimum Gasteiger partial charge on any atom is -0.493 e. The summed E-state index contributed by atoms with van der Waals surface area (Å²) in [5.41, 5.74) is 2.45. The molecule has 1 saturated heterocycles. The molecule has 0 bridgehead atoms. The molecular weight excluding hydrogens is 262 g/mol. The van der Waals surface area contributed by atoms with Crippen LogP contribution >= 0.6 is 12.4 Å². The maximum Gasteiger partial charge on any atom is 0.125 e. The van der Waals surface area contributed by atoms with Crippen LogP contribution in [0.2, 0.25) is 0 Å². The van der Waals surface area contributed by atoms with Gasteiger partial charge in [0.05, 0.1) is 19.8 Å². The monoisotopic (exact) mass is 285 g/mol. The normalized spacial score (nSPS) is 15.9. The first-order chi connectivity index (χ1) is 8.77. The summed E-state index contributed by atoms with van der Waals surface area (Å²) >= 11 is 0. The smallest absolute Gasteiger partial charge is 0.125 e. The summed E-state index contributed by atoms with van der Waals surface area (Å²) in [4.78, 5) is 2.44. The van der Waals surface area contributed by atoms with Crippen LogP contribution in [0.1, 0.15) is 17.5 Å². The van der Waals surface area contributed by atoms with Gasteiger partial charge in [0.25, 0.3) is 0 Å². The van der Waals surface area contributed by atoms with Crippen molar-refractivity contribution in [3.05, 3.63) is 29.3 Å². The summed E-state index contributed by atoms with van der Waals surface area (Å²) < 4.78 is 11.2. The first kappa shape index (κ1) is 16.3. The van der Waals surface area contributed by atoms with Gasteiger partial charge < -0.3 is 9.47 Å². The molecule has 1 heterocycles. The molecule has 2 rings (SSSR count). The molecule has 0 unspecified atom stereocenters. The number of aryl methyl sites for hydroxylation is 2. The molecule has 0 spiro atoms. The van der Waals surface area contributed by atoms with Crippen molar-refractivity contribution in [3.63, 3.8) is 0 Å². The van der Waals surface area contributed by atoms with Crippen molar-refractivity contribution in [3.8, 4) is 5.75 Å². The lowest BCUT2D eigenvalue weighted by atomic mass is 10.1. The number of hydrogen-bond acceptors (Lipinski definition) is 3. The summed E-state index contributed by atoms with van der Waals surface area (Å²) in [7, 11) is 0. The van der Waals surface area contributed by atoms with E-state index >= 15 is 0 Å². The lowest BCUT2D eigenvalue weighted by Crippen LogP contribution is -2.37. The van der Waals surface area contributed by atoms with Crippen LogP contribution in [0.4, 0.5) is 0 Å². The van der Waals surface area contributed by atoms with Gasteiger partial charge in [-0.3, -0.25) is 4.90 Å². The third-order valence-corrected chi connectivity index (χ3v) is 3.38. The first-order valence-electron chi connectivity index (χ1n) is 6.76. The fraction of sp³-hybridized carbons (Fsp3) is 0.600. The van der Waals surface area contributed by atoms with E-state index in [4.69, 9.17) is 9.47 Å². The number of para-hydroxylation sites is 1. The molecule has 108 valence electrons. The Balaban J connectivity index is 0.00000180. The number of morpholine rings is 1. The molecule has 0 N–H and O–H groups in total.